The van der Waals surface area contributed by atoms with E-state index in [2.05, 4.69) is 20.3 Å². The van der Waals surface area contributed by atoms with Crippen molar-refractivity contribution in [2.24, 2.45) is 0 Å². The molecule has 90 valence electrons. The number of nitrogens with zero attached hydrogens (tertiary/aromatic N) is 2. The molecular weight excluding hydrogens is 231 g/mol. The highest BCUT2D eigenvalue weighted by Gasteiger charge is 2.06. The fourth-order valence-electron chi connectivity index (χ4n) is 1.78. The molecule has 0 aliphatic heterocycles. The number of aromatic nitrogens is 3. The van der Waals surface area contributed by atoms with Crippen LogP contribution in [0, 0.1) is 5.82 Å². The molecule has 18 heavy (non-hydrogen) atoms. The number of hydrogen-bond donors (Lipinski definition) is 2. The molecule has 0 spiro atoms. The molecule has 0 unspecified atom stereocenters. The Morgan fingerprint density at radius 1 is 1.06 bits per heavy atom. The summed E-state index contributed by atoms with van der Waals surface area (Å²) >= 11 is 0. The number of benzene rings is 1. The fraction of sp³-hybridized carbons (Fsp3) is 0.0769. The van der Waals surface area contributed by atoms with Crippen molar-refractivity contribution in [2.75, 3.05) is 12.4 Å². The third kappa shape index (κ3) is 1.79. The van der Waals surface area contributed by atoms with Crippen molar-refractivity contribution in [2.45, 2.75) is 0 Å². The molecule has 0 radical (unpaired) electrons. The van der Waals surface area contributed by atoms with Crippen LogP contribution in [0.1, 0.15) is 0 Å². The molecule has 0 bridgehead atoms. The Morgan fingerprint density at radius 3 is 2.56 bits per heavy atom. The maximum atomic E-state index is 12.9. The molecule has 0 aliphatic rings. The molecule has 2 heterocycles. The Bertz CT molecular complexity index is 688. The predicted octanol–water partition coefficient (Wildman–Crippen LogP) is 2.81. The van der Waals surface area contributed by atoms with Gasteiger partial charge in [0.25, 0.3) is 0 Å². The summed E-state index contributed by atoms with van der Waals surface area (Å²) in [5.41, 5.74) is 2.33. The van der Waals surface area contributed by atoms with E-state index in [4.69, 9.17) is 0 Å². The molecule has 0 fully saturated rings. The second-order valence-electron chi connectivity index (χ2n) is 3.91. The summed E-state index contributed by atoms with van der Waals surface area (Å²) in [5, 5.41) is 2.96. The Kier molecular flexibility index (Phi) is 2.44. The SMILES string of the molecule is CNc1ccc2[nH]c(-c3ccc(F)cc3)nc2n1. The summed E-state index contributed by atoms with van der Waals surface area (Å²) in [6, 6.07) is 9.98. The van der Waals surface area contributed by atoms with Crippen LogP contribution in [0.2, 0.25) is 0 Å². The van der Waals surface area contributed by atoms with Crippen molar-refractivity contribution in [3.05, 3.63) is 42.2 Å². The lowest BCUT2D eigenvalue weighted by Gasteiger charge is -1.95. The molecule has 4 nitrogen and oxygen atoms in total. The molecule has 3 rings (SSSR count). The average molecular weight is 242 g/mol. The van der Waals surface area contributed by atoms with Gasteiger partial charge in [-0.3, -0.25) is 0 Å². The van der Waals surface area contributed by atoms with Gasteiger partial charge >= 0.3 is 0 Å². The topological polar surface area (TPSA) is 53.6 Å². The number of nitrogens with one attached hydrogen (secondary N) is 2. The van der Waals surface area contributed by atoms with Gasteiger partial charge < -0.3 is 10.3 Å². The molecule has 0 amide bonds. The van der Waals surface area contributed by atoms with Crippen molar-refractivity contribution in [1.82, 2.24) is 15.0 Å². The quantitative estimate of drug-likeness (QED) is 0.726. The Balaban J connectivity index is 2.10. The number of pyridine rings is 1. The lowest BCUT2D eigenvalue weighted by atomic mass is 10.2. The predicted molar refractivity (Wildman–Crippen MR) is 68.8 cm³/mol. The molecule has 1 aromatic carbocycles. The van der Waals surface area contributed by atoms with Gasteiger partial charge in [0.2, 0.25) is 0 Å². The number of halogens is 1. The van der Waals surface area contributed by atoms with Gasteiger partial charge in [-0.2, -0.15) is 0 Å². The highest BCUT2D eigenvalue weighted by Crippen LogP contribution is 2.20. The average Bonchev–Trinajstić information content (AvgIpc) is 2.82. The number of anilines is 1. The van der Waals surface area contributed by atoms with E-state index < -0.39 is 0 Å². The normalized spacial score (nSPS) is 10.8. The van der Waals surface area contributed by atoms with E-state index in [-0.39, 0.29) is 5.82 Å². The minimum atomic E-state index is -0.259. The van der Waals surface area contributed by atoms with Crippen LogP contribution in [0.5, 0.6) is 0 Å². The van der Waals surface area contributed by atoms with Crippen LogP contribution in [0.3, 0.4) is 0 Å². The first-order chi connectivity index (χ1) is 8.76. The number of aromatic amines is 1. The number of rotatable bonds is 2. The van der Waals surface area contributed by atoms with Gasteiger partial charge in [-0.05, 0) is 36.4 Å². The molecule has 0 saturated carbocycles. The second kappa shape index (κ2) is 4.10. The van der Waals surface area contributed by atoms with Crippen molar-refractivity contribution in [3.8, 4) is 11.4 Å². The Labute approximate surface area is 103 Å². The first-order valence-electron chi connectivity index (χ1n) is 5.57. The molecule has 5 heteroatoms. The van der Waals surface area contributed by atoms with E-state index in [1.165, 1.54) is 12.1 Å². The van der Waals surface area contributed by atoms with Gasteiger partial charge in [0.15, 0.2) is 5.65 Å². The summed E-state index contributed by atoms with van der Waals surface area (Å²) in [6.07, 6.45) is 0. The van der Waals surface area contributed by atoms with E-state index >= 15 is 0 Å². The van der Waals surface area contributed by atoms with Gasteiger partial charge in [-0.1, -0.05) is 0 Å². The van der Waals surface area contributed by atoms with Crippen molar-refractivity contribution < 1.29 is 4.39 Å². The van der Waals surface area contributed by atoms with Gasteiger partial charge in [-0.25, -0.2) is 14.4 Å². The largest absolute Gasteiger partial charge is 0.373 e. The lowest BCUT2D eigenvalue weighted by molar-refractivity contribution is 0.628. The van der Waals surface area contributed by atoms with Crippen molar-refractivity contribution >= 4 is 17.0 Å². The van der Waals surface area contributed by atoms with Crippen molar-refractivity contribution in [1.29, 1.82) is 0 Å². The number of imidazole rings is 1. The van der Waals surface area contributed by atoms with Gasteiger partial charge in [0, 0.05) is 12.6 Å². The maximum Gasteiger partial charge on any atom is 0.180 e. The number of hydrogen-bond acceptors (Lipinski definition) is 3. The maximum absolute atomic E-state index is 12.9. The zero-order chi connectivity index (χ0) is 12.5. The molecule has 0 aliphatic carbocycles. The monoisotopic (exact) mass is 242 g/mol. The first kappa shape index (κ1) is 10.7. The van der Waals surface area contributed by atoms with Crippen LogP contribution in [0.25, 0.3) is 22.6 Å². The fourth-order valence-corrected chi connectivity index (χ4v) is 1.78. The molecule has 2 aromatic heterocycles. The van der Waals surface area contributed by atoms with Crippen LogP contribution in [0.4, 0.5) is 10.2 Å². The van der Waals surface area contributed by atoms with Gasteiger partial charge in [-0.15, -0.1) is 0 Å². The molecule has 2 N–H and O–H groups in total. The van der Waals surface area contributed by atoms with Crippen LogP contribution in [-0.2, 0) is 0 Å². The smallest absolute Gasteiger partial charge is 0.180 e. The van der Waals surface area contributed by atoms with E-state index in [1.54, 1.807) is 12.1 Å². The van der Waals surface area contributed by atoms with E-state index in [0.717, 1.165) is 16.9 Å². The standard InChI is InChI=1S/C13H11FN4/c1-15-11-7-6-10-13(17-11)18-12(16-10)8-2-4-9(14)5-3-8/h2-7H,1H3,(H2,15,16,17,18). The molecule has 0 atom stereocenters. The first-order valence-corrected chi connectivity index (χ1v) is 5.57. The summed E-state index contributed by atoms with van der Waals surface area (Å²) in [7, 11) is 1.81. The Morgan fingerprint density at radius 2 is 1.83 bits per heavy atom. The summed E-state index contributed by atoms with van der Waals surface area (Å²) < 4.78 is 12.9. The Hall–Kier alpha value is -2.43. The van der Waals surface area contributed by atoms with E-state index in [0.29, 0.717) is 11.5 Å². The van der Waals surface area contributed by atoms with Gasteiger partial charge in [0.1, 0.15) is 17.5 Å². The third-order valence-corrected chi connectivity index (χ3v) is 2.72. The third-order valence-electron chi connectivity index (χ3n) is 2.72. The molecule has 3 aromatic rings. The zero-order valence-electron chi connectivity index (χ0n) is 9.74. The van der Waals surface area contributed by atoms with E-state index in [1.807, 2.05) is 19.2 Å². The summed E-state index contributed by atoms with van der Waals surface area (Å²) in [6.45, 7) is 0. The lowest BCUT2D eigenvalue weighted by Crippen LogP contribution is -1.91. The number of H-pyrrole nitrogens is 1. The van der Waals surface area contributed by atoms with Crippen LogP contribution in [0.15, 0.2) is 36.4 Å². The van der Waals surface area contributed by atoms with Gasteiger partial charge in [0.05, 0.1) is 5.52 Å². The summed E-state index contributed by atoms with van der Waals surface area (Å²) in [5.74, 6) is 1.19. The minimum Gasteiger partial charge on any atom is -0.373 e. The van der Waals surface area contributed by atoms with Crippen LogP contribution in [-0.4, -0.2) is 22.0 Å². The zero-order valence-corrected chi connectivity index (χ0v) is 9.74. The molecule has 0 saturated heterocycles. The van der Waals surface area contributed by atoms with E-state index in [9.17, 15) is 4.39 Å². The van der Waals surface area contributed by atoms with Crippen LogP contribution >= 0.6 is 0 Å². The highest BCUT2D eigenvalue weighted by molar-refractivity contribution is 5.77. The molecular formula is C13H11FN4. The second-order valence-corrected chi connectivity index (χ2v) is 3.91. The van der Waals surface area contributed by atoms with Crippen molar-refractivity contribution in [3.63, 3.8) is 0 Å². The summed E-state index contributed by atoms with van der Waals surface area (Å²) in [4.78, 5) is 11.9. The minimum absolute atomic E-state index is 0.259. The highest BCUT2D eigenvalue weighted by atomic mass is 19.1. The number of fused-ring (bicyclic) bond motifs is 1. The van der Waals surface area contributed by atoms with Crippen LogP contribution < -0.4 is 5.32 Å².